The van der Waals surface area contributed by atoms with Crippen molar-refractivity contribution < 1.29 is 22.5 Å². The summed E-state index contributed by atoms with van der Waals surface area (Å²) in [6, 6.07) is 0.317. The first-order chi connectivity index (χ1) is 10.3. The van der Waals surface area contributed by atoms with Gasteiger partial charge in [-0.15, -0.1) is 0 Å². The summed E-state index contributed by atoms with van der Waals surface area (Å²) in [7, 11) is 0. The van der Waals surface area contributed by atoms with Gasteiger partial charge in [0.2, 0.25) is 5.91 Å². The van der Waals surface area contributed by atoms with Crippen LogP contribution < -0.4 is 10.2 Å². The van der Waals surface area contributed by atoms with Crippen molar-refractivity contribution in [2.75, 3.05) is 24.5 Å². The third-order valence-electron chi connectivity index (χ3n) is 3.47. The van der Waals surface area contributed by atoms with E-state index in [-0.39, 0.29) is 12.5 Å². The number of hydrogen-bond acceptors (Lipinski definition) is 5. The maximum atomic E-state index is 12.1. The maximum Gasteiger partial charge on any atom is 0.405 e. The second-order valence-corrected chi connectivity index (χ2v) is 5.71. The number of halogens is 3. The third-order valence-corrected chi connectivity index (χ3v) is 3.47. The lowest BCUT2D eigenvalue weighted by molar-refractivity contribution is -0.140. The van der Waals surface area contributed by atoms with Crippen LogP contribution in [0.2, 0.25) is 0 Å². The fraction of sp³-hybridized carbons (Fsp3) is 0.769. The first-order valence-electron chi connectivity index (χ1n) is 7.19. The van der Waals surface area contributed by atoms with Crippen molar-refractivity contribution in [1.82, 2.24) is 15.5 Å². The predicted octanol–water partition coefficient (Wildman–Crippen LogP) is 2.09. The lowest BCUT2D eigenvalue weighted by Gasteiger charge is -2.30. The number of carbonyl (C=O) groups is 1. The molecule has 1 aliphatic heterocycles. The molecule has 1 N–H and O–H groups in total. The minimum Gasteiger partial charge on any atom is -0.347 e. The summed E-state index contributed by atoms with van der Waals surface area (Å²) in [4.78, 5) is 17.8. The lowest BCUT2D eigenvalue weighted by Crippen LogP contribution is -2.45. The summed E-state index contributed by atoms with van der Waals surface area (Å²) >= 11 is 0. The molecule has 1 fully saturated rings. The van der Waals surface area contributed by atoms with E-state index >= 15 is 0 Å². The second kappa shape index (κ2) is 6.53. The summed E-state index contributed by atoms with van der Waals surface area (Å²) in [5, 5.41) is 5.78. The van der Waals surface area contributed by atoms with Crippen molar-refractivity contribution in [2.24, 2.45) is 5.92 Å². The summed E-state index contributed by atoms with van der Waals surface area (Å²) in [6.07, 6.45) is -3.17. The van der Waals surface area contributed by atoms with Crippen LogP contribution in [0.15, 0.2) is 4.52 Å². The van der Waals surface area contributed by atoms with E-state index in [2.05, 4.69) is 10.1 Å². The molecule has 1 aliphatic rings. The van der Waals surface area contributed by atoms with Crippen LogP contribution in [0.25, 0.3) is 0 Å². The Labute approximate surface area is 126 Å². The van der Waals surface area contributed by atoms with Crippen LogP contribution in [-0.2, 0) is 4.79 Å². The molecular weight excluding hydrogens is 301 g/mol. The first-order valence-corrected chi connectivity index (χ1v) is 7.19. The highest BCUT2D eigenvalue weighted by atomic mass is 19.4. The number of nitrogens with zero attached hydrogens (tertiary/aromatic N) is 3. The van der Waals surface area contributed by atoms with Gasteiger partial charge in [-0.2, -0.15) is 18.2 Å². The number of rotatable bonds is 4. The fourth-order valence-corrected chi connectivity index (χ4v) is 2.29. The van der Waals surface area contributed by atoms with Crippen molar-refractivity contribution in [3.05, 3.63) is 5.82 Å². The second-order valence-electron chi connectivity index (χ2n) is 5.71. The molecule has 1 amide bonds. The fourth-order valence-electron chi connectivity index (χ4n) is 2.29. The quantitative estimate of drug-likeness (QED) is 0.920. The zero-order chi connectivity index (χ0) is 16.3. The number of carbonyl (C=O) groups excluding carboxylic acids is 1. The van der Waals surface area contributed by atoms with E-state index < -0.39 is 24.5 Å². The van der Waals surface area contributed by atoms with E-state index in [0.29, 0.717) is 31.2 Å². The Kier molecular flexibility index (Phi) is 4.92. The van der Waals surface area contributed by atoms with Gasteiger partial charge in [-0.3, -0.25) is 4.79 Å². The van der Waals surface area contributed by atoms with Gasteiger partial charge in [0.05, 0.1) is 5.92 Å². The smallest absolute Gasteiger partial charge is 0.347 e. The molecule has 1 aromatic rings. The Morgan fingerprint density at radius 1 is 1.50 bits per heavy atom. The molecule has 2 heterocycles. The molecule has 0 aromatic carbocycles. The molecule has 1 aromatic heterocycles. The topological polar surface area (TPSA) is 71.3 Å². The highest BCUT2D eigenvalue weighted by molar-refractivity contribution is 5.79. The monoisotopic (exact) mass is 320 g/mol. The number of alkyl halides is 3. The summed E-state index contributed by atoms with van der Waals surface area (Å²) in [6.45, 7) is 3.48. The first kappa shape index (κ1) is 16.6. The van der Waals surface area contributed by atoms with E-state index in [1.54, 1.807) is 4.90 Å². The molecule has 2 rings (SSSR count). The van der Waals surface area contributed by atoms with Crippen LogP contribution in [0.4, 0.5) is 19.2 Å². The van der Waals surface area contributed by atoms with Crippen molar-refractivity contribution >= 4 is 11.9 Å². The average molecular weight is 320 g/mol. The molecule has 0 aliphatic carbocycles. The molecule has 9 heteroatoms. The van der Waals surface area contributed by atoms with Gasteiger partial charge in [0, 0.05) is 19.0 Å². The third kappa shape index (κ3) is 4.35. The Hall–Kier alpha value is -1.80. The van der Waals surface area contributed by atoms with E-state index in [4.69, 9.17) is 4.52 Å². The number of hydrogen-bond donors (Lipinski definition) is 1. The largest absolute Gasteiger partial charge is 0.405 e. The summed E-state index contributed by atoms with van der Waals surface area (Å²) in [5.41, 5.74) is 0. The van der Waals surface area contributed by atoms with Gasteiger partial charge in [-0.1, -0.05) is 19.0 Å². The number of aromatic nitrogens is 2. The van der Waals surface area contributed by atoms with Crippen molar-refractivity contribution in [3.8, 4) is 0 Å². The Balaban J connectivity index is 1.94. The average Bonchev–Trinajstić information content (AvgIpc) is 2.94. The minimum absolute atomic E-state index is 0.119. The molecule has 0 saturated carbocycles. The molecular formula is C13H19F3N4O2. The number of amides is 1. The summed E-state index contributed by atoms with van der Waals surface area (Å²) < 4.78 is 41.6. The van der Waals surface area contributed by atoms with Gasteiger partial charge in [0.15, 0.2) is 5.82 Å². The molecule has 1 atom stereocenters. The zero-order valence-electron chi connectivity index (χ0n) is 12.5. The van der Waals surface area contributed by atoms with Gasteiger partial charge in [0.25, 0.3) is 0 Å². The van der Waals surface area contributed by atoms with E-state index in [1.165, 1.54) is 0 Å². The highest BCUT2D eigenvalue weighted by Crippen LogP contribution is 2.23. The van der Waals surface area contributed by atoms with E-state index in [1.807, 2.05) is 19.2 Å². The van der Waals surface area contributed by atoms with E-state index in [0.717, 1.165) is 0 Å². The molecule has 0 bridgehead atoms. The van der Waals surface area contributed by atoms with Crippen molar-refractivity contribution in [2.45, 2.75) is 38.8 Å². The number of piperidine rings is 1. The van der Waals surface area contributed by atoms with Crippen molar-refractivity contribution in [1.29, 1.82) is 0 Å². The van der Waals surface area contributed by atoms with Crippen LogP contribution in [-0.4, -0.2) is 41.9 Å². The Bertz CT molecular complexity index is 516. The molecule has 6 nitrogen and oxygen atoms in total. The Morgan fingerprint density at radius 2 is 2.23 bits per heavy atom. The Morgan fingerprint density at radius 3 is 2.82 bits per heavy atom. The normalized spacial score (nSPS) is 19.5. The molecule has 124 valence electrons. The number of nitrogens with one attached hydrogen (secondary N) is 1. The van der Waals surface area contributed by atoms with E-state index in [9.17, 15) is 18.0 Å². The van der Waals surface area contributed by atoms with Gasteiger partial charge in [0.1, 0.15) is 6.54 Å². The minimum atomic E-state index is -4.40. The zero-order valence-corrected chi connectivity index (χ0v) is 12.5. The van der Waals surface area contributed by atoms with Gasteiger partial charge < -0.3 is 14.7 Å². The summed E-state index contributed by atoms with van der Waals surface area (Å²) in [5.74, 6) is -0.414. The molecule has 0 spiro atoms. The van der Waals surface area contributed by atoms with Crippen molar-refractivity contribution in [3.63, 3.8) is 0 Å². The molecule has 1 unspecified atom stereocenters. The van der Waals surface area contributed by atoms with Gasteiger partial charge in [-0.05, 0) is 12.8 Å². The highest BCUT2D eigenvalue weighted by Gasteiger charge is 2.32. The molecule has 22 heavy (non-hydrogen) atoms. The predicted molar refractivity (Wildman–Crippen MR) is 72.4 cm³/mol. The van der Waals surface area contributed by atoms with Crippen LogP contribution in [0.1, 0.15) is 38.4 Å². The van der Waals surface area contributed by atoms with Crippen LogP contribution in [0.5, 0.6) is 0 Å². The number of anilines is 1. The standard InChI is InChI=1S/C13H19F3N4O2/c1-8(2)10-18-12(22-19-10)20-5-3-4-9(6-20)11(21)17-7-13(14,15)16/h8-9H,3-7H2,1-2H3,(H,17,21). The van der Waals surface area contributed by atoms with Crippen LogP contribution >= 0.6 is 0 Å². The SMILES string of the molecule is CC(C)c1noc(N2CCCC(C(=O)NCC(F)(F)F)C2)n1. The molecule has 0 radical (unpaired) electrons. The van der Waals surface area contributed by atoms with Gasteiger partial charge >= 0.3 is 12.2 Å². The van der Waals surface area contributed by atoms with Gasteiger partial charge in [-0.25, -0.2) is 0 Å². The molecule has 1 saturated heterocycles. The lowest BCUT2D eigenvalue weighted by atomic mass is 9.97. The van der Waals surface area contributed by atoms with Crippen LogP contribution in [0.3, 0.4) is 0 Å². The maximum absolute atomic E-state index is 12.1. The van der Waals surface area contributed by atoms with Crippen LogP contribution in [0, 0.1) is 5.92 Å².